The number of carboxylic acid groups (broad SMARTS) is 1. The van der Waals surface area contributed by atoms with Crippen LogP contribution in [0.15, 0.2) is 0 Å². The van der Waals surface area contributed by atoms with Crippen LogP contribution >= 0.6 is 0 Å². The van der Waals surface area contributed by atoms with Gasteiger partial charge in [-0.1, -0.05) is 20.8 Å². The lowest BCUT2D eigenvalue weighted by atomic mass is 9.99. The molecular weight excluding hydrogens is 216 g/mol. The van der Waals surface area contributed by atoms with E-state index in [9.17, 15) is 4.79 Å². The molecule has 4 nitrogen and oxygen atoms in total. The summed E-state index contributed by atoms with van der Waals surface area (Å²) in [5.41, 5.74) is 0. The van der Waals surface area contributed by atoms with Crippen LogP contribution in [0.1, 0.15) is 33.6 Å². The topological polar surface area (TPSA) is 43.8 Å². The summed E-state index contributed by atoms with van der Waals surface area (Å²) in [6, 6.07) is 0.677. The summed E-state index contributed by atoms with van der Waals surface area (Å²) in [4.78, 5) is 15.3. The molecule has 0 aromatic carbocycles. The molecule has 0 radical (unpaired) electrons. The lowest BCUT2D eigenvalue weighted by molar-refractivity contribution is -0.137. The minimum atomic E-state index is -0.693. The zero-order valence-corrected chi connectivity index (χ0v) is 11.4. The first kappa shape index (κ1) is 14.5. The van der Waals surface area contributed by atoms with Gasteiger partial charge in [0, 0.05) is 38.8 Å². The maximum Gasteiger partial charge on any atom is 0.304 e. The zero-order valence-electron chi connectivity index (χ0n) is 11.4. The van der Waals surface area contributed by atoms with Crippen LogP contribution in [-0.4, -0.2) is 59.6 Å². The third-order valence-corrected chi connectivity index (χ3v) is 3.71. The standard InChI is InChI=1S/C13H26N2O2/c1-4-12(11(2)3)15-9-7-14(8-10-15)6-5-13(16)17/h11-12H,4-10H2,1-3H3,(H,16,17). The van der Waals surface area contributed by atoms with E-state index in [4.69, 9.17) is 5.11 Å². The second-order valence-corrected chi connectivity index (χ2v) is 5.24. The fourth-order valence-corrected chi connectivity index (χ4v) is 2.72. The maximum absolute atomic E-state index is 10.5. The number of carboxylic acids is 1. The van der Waals surface area contributed by atoms with Gasteiger partial charge in [-0.3, -0.25) is 9.69 Å². The molecule has 0 aromatic rings. The van der Waals surface area contributed by atoms with Crippen LogP contribution in [-0.2, 0) is 4.79 Å². The van der Waals surface area contributed by atoms with Crippen molar-refractivity contribution in [2.45, 2.75) is 39.7 Å². The largest absolute Gasteiger partial charge is 0.481 e. The van der Waals surface area contributed by atoms with Gasteiger partial charge in [0.2, 0.25) is 0 Å². The van der Waals surface area contributed by atoms with Gasteiger partial charge >= 0.3 is 5.97 Å². The minimum Gasteiger partial charge on any atom is -0.481 e. The monoisotopic (exact) mass is 242 g/mol. The third-order valence-electron chi connectivity index (χ3n) is 3.71. The summed E-state index contributed by atoms with van der Waals surface area (Å²) in [5.74, 6) is 0.00612. The molecule has 1 unspecified atom stereocenters. The summed E-state index contributed by atoms with van der Waals surface area (Å²) in [7, 11) is 0. The van der Waals surface area contributed by atoms with Gasteiger partial charge in [-0.25, -0.2) is 0 Å². The summed E-state index contributed by atoms with van der Waals surface area (Å²) in [6.45, 7) is 11.7. The van der Waals surface area contributed by atoms with Crippen molar-refractivity contribution in [3.63, 3.8) is 0 Å². The average Bonchev–Trinajstić information content (AvgIpc) is 2.28. The molecule has 0 aromatic heterocycles. The van der Waals surface area contributed by atoms with E-state index in [1.54, 1.807) is 0 Å². The van der Waals surface area contributed by atoms with Gasteiger partial charge in [0.15, 0.2) is 0 Å². The van der Waals surface area contributed by atoms with Gasteiger partial charge in [-0.05, 0) is 12.3 Å². The van der Waals surface area contributed by atoms with Gasteiger partial charge in [0.05, 0.1) is 6.42 Å². The van der Waals surface area contributed by atoms with Crippen LogP contribution in [0.25, 0.3) is 0 Å². The van der Waals surface area contributed by atoms with Crippen LogP contribution in [0.2, 0.25) is 0 Å². The highest BCUT2D eigenvalue weighted by Crippen LogP contribution is 2.16. The van der Waals surface area contributed by atoms with E-state index in [0.29, 0.717) is 18.5 Å². The number of nitrogens with zero attached hydrogens (tertiary/aromatic N) is 2. The number of aliphatic carboxylic acids is 1. The highest BCUT2D eigenvalue weighted by Gasteiger charge is 2.24. The van der Waals surface area contributed by atoms with Crippen molar-refractivity contribution in [1.82, 2.24) is 9.80 Å². The molecule has 1 atom stereocenters. The first-order valence-electron chi connectivity index (χ1n) is 6.72. The van der Waals surface area contributed by atoms with Crippen molar-refractivity contribution in [3.05, 3.63) is 0 Å². The molecule has 1 saturated heterocycles. The molecule has 0 spiro atoms. The average molecular weight is 242 g/mol. The quantitative estimate of drug-likeness (QED) is 0.767. The molecule has 1 heterocycles. The summed E-state index contributed by atoms with van der Waals surface area (Å²) in [6.07, 6.45) is 1.47. The maximum atomic E-state index is 10.5. The second kappa shape index (κ2) is 6.97. The fourth-order valence-electron chi connectivity index (χ4n) is 2.72. The van der Waals surface area contributed by atoms with E-state index in [1.165, 1.54) is 6.42 Å². The van der Waals surface area contributed by atoms with Crippen LogP contribution in [0.5, 0.6) is 0 Å². The number of hydrogen-bond acceptors (Lipinski definition) is 3. The Morgan fingerprint density at radius 3 is 2.24 bits per heavy atom. The van der Waals surface area contributed by atoms with Gasteiger partial charge < -0.3 is 10.0 Å². The molecule has 0 bridgehead atoms. The van der Waals surface area contributed by atoms with Crippen molar-refractivity contribution in [3.8, 4) is 0 Å². The summed E-state index contributed by atoms with van der Waals surface area (Å²) < 4.78 is 0. The van der Waals surface area contributed by atoms with E-state index in [2.05, 4.69) is 30.6 Å². The normalized spacial score (nSPS) is 20.7. The lowest BCUT2D eigenvalue weighted by Gasteiger charge is -2.40. The van der Waals surface area contributed by atoms with Crippen LogP contribution in [0, 0.1) is 5.92 Å². The molecule has 1 N–H and O–H groups in total. The highest BCUT2D eigenvalue weighted by atomic mass is 16.4. The SMILES string of the molecule is CCC(C(C)C)N1CCN(CCC(=O)O)CC1. The fraction of sp³-hybridized carbons (Fsp3) is 0.923. The van der Waals surface area contributed by atoms with Crippen molar-refractivity contribution in [2.24, 2.45) is 5.92 Å². The molecule has 0 saturated carbocycles. The molecule has 1 aliphatic rings. The Morgan fingerprint density at radius 2 is 1.82 bits per heavy atom. The molecule has 0 amide bonds. The number of rotatable bonds is 6. The first-order valence-corrected chi connectivity index (χ1v) is 6.72. The zero-order chi connectivity index (χ0) is 12.8. The van der Waals surface area contributed by atoms with Crippen molar-refractivity contribution >= 4 is 5.97 Å². The van der Waals surface area contributed by atoms with Crippen LogP contribution in [0.3, 0.4) is 0 Å². The van der Waals surface area contributed by atoms with E-state index in [0.717, 1.165) is 26.2 Å². The molecule has 17 heavy (non-hydrogen) atoms. The van der Waals surface area contributed by atoms with E-state index in [-0.39, 0.29) is 6.42 Å². The Bertz CT molecular complexity index is 236. The Balaban J connectivity index is 2.32. The Labute approximate surface area is 105 Å². The van der Waals surface area contributed by atoms with Crippen LogP contribution in [0.4, 0.5) is 0 Å². The van der Waals surface area contributed by atoms with Crippen molar-refractivity contribution in [2.75, 3.05) is 32.7 Å². The third kappa shape index (κ3) is 4.64. The smallest absolute Gasteiger partial charge is 0.304 e. The summed E-state index contributed by atoms with van der Waals surface area (Å²) >= 11 is 0. The Morgan fingerprint density at radius 1 is 1.24 bits per heavy atom. The van der Waals surface area contributed by atoms with E-state index >= 15 is 0 Å². The number of carbonyl (C=O) groups is 1. The molecule has 0 aliphatic carbocycles. The predicted octanol–water partition coefficient (Wildman–Crippen LogP) is 1.51. The van der Waals surface area contributed by atoms with Gasteiger partial charge in [-0.2, -0.15) is 0 Å². The minimum absolute atomic E-state index is 0.265. The molecule has 1 aliphatic heterocycles. The Hall–Kier alpha value is -0.610. The summed E-state index contributed by atoms with van der Waals surface area (Å²) in [5, 5.41) is 8.66. The molecule has 100 valence electrons. The lowest BCUT2D eigenvalue weighted by Crippen LogP contribution is -2.51. The van der Waals surface area contributed by atoms with Gasteiger partial charge in [-0.15, -0.1) is 0 Å². The van der Waals surface area contributed by atoms with Crippen molar-refractivity contribution in [1.29, 1.82) is 0 Å². The van der Waals surface area contributed by atoms with Crippen LogP contribution < -0.4 is 0 Å². The van der Waals surface area contributed by atoms with E-state index < -0.39 is 5.97 Å². The number of piperazine rings is 1. The van der Waals surface area contributed by atoms with Crippen molar-refractivity contribution < 1.29 is 9.90 Å². The molecule has 1 fully saturated rings. The highest BCUT2D eigenvalue weighted by molar-refractivity contribution is 5.66. The molecular formula is C13H26N2O2. The molecule has 1 rings (SSSR count). The van der Waals surface area contributed by atoms with E-state index in [1.807, 2.05) is 0 Å². The van der Waals surface area contributed by atoms with Gasteiger partial charge in [0.1, 0.15) is 0 Å². The molecule has 4 heteroatoms. The van der Waals surface area contributed by atoms with Gasteiger partial charge in [0.25, 0.3) is 0 Å². The Kier molecular flexibility index (Phi) is 5.92. The first-order chi connectivity index (χ1) is 8.04. The number of hydrogen-bond donors (Lipinski definition) is 1. The second-order valence-electron chi connectivity index (χ2n) is 5.24. The predicted molar refractivity (Wildman–Crippen MR) is 69.2 cm³/mol.